The highest BCUT2D eigenvalue weighted by Crippen LogP contribution is 2.27. The van der Waals surface area contributed by atoms with Crippen LogP contribution < -0.4 is 0 Å². The van der Waals surface area contributed by atoms with Crippen molar-refractivity contribution in [1.82, 2.24) is 0 Å². The maximum atomic E-state index is 4.23. The first-order valence-electron chi connectivity index (χ1n) is 6.51. The molecule has 0 N–H and O–H groups in total. The van der Waals surface area contributed by atoms with E-state index in [1.54, 1.807) is 0 Å². The van der Waals surface area contributed by atoms with E-state index >= 15 is 0 Å². The topological polar surface area (TPSA) is 0 Å². The fourth-order valence-corrected chi connectivity index (χ4v) is 2.15. The smallest absolute Gasteiger partial charge is 0.00129 e. The van der Waals surface area contributed by atoms with Crippen LogP contribution in [0.3, 0.4) is 0 Å². The molecule has 0 heteroatoms. The van der Waals surface area contributed by atoms with Gasteiger partial charge >= 0.3 is 0 Å². The molecule has 0 saturated heterocycles. The Labute approximate surface area is 110 Å². The van der Waals surface area contributed by atoms with E-state index in [0.717, 1.165) is 18.4 Å². The number of rotatable bonds is 4. The lowest BCUT2D eigenvalue weighted by Gasteiger charge is -2.13. The third kappa shape index (κ3) is 2.70. The lowest BCUT2D eigenvalue weighted by Crippen LogP contribution is -1.93. The summed E-state index contributed by atoms with van der Waals surface area (Å²) in [5, 5.41) is 0. The minimum Gasteiger partial charge on any atom is -0.102 e. The van der Waals surface area contributed by atoms with Gasteiger partial charge in [0, 0.05) is 0 Å². The van der Waals surface area contributed by atoms with Crippen LogP contribution in [0.25, 0.3) is 5.57 Å². The van der Waals surface area contributed by atoms with Crippen molar-refractivity contribution in [2.45, 2.75) is 25.7 Å². The lowest BCUT2D eigenvalue weighted by atomic mass is 9.92. The molecule has 0 nitrogen and oxygen atoms in total. The van der Waals surface area contributed by atoms with E-state index in [-0.39, 0.29) is 0 Å². The zero-order valence-electron chi connectivity index (χ0n) is 11.0. The predicted octanol–water partition coefficient (Wildman–Crippen LogP) is 5.27. The molecular weight excluding hydrogens is 216 g/mol. The van der Waals surface area contributed by atoms with Gasteiger partial charge in [-0.3, -0.25) is 0 Å². The highest BCUT2D eigenvalue weighted by molar-refractivity contribution is 5.80. The second-order valence-electron chi connectivity index (χ2n) is 4.77. The van der Waals surface area contributed by atoms with Crippen LogP contribution in [-0.2, 0) is 0 Å². The summed E-state index contributed by atoms with van der Waals surface area (Å²) >= 11 is 0. The van der Waals surface area contributed by atoms with Gasteiger partial charge in [-0.2, -0.15) is 0 Å². The predicted molar refractivity (Wildman–Crippen MR) is 80.5 cm³/mol. The van der Waals surface area contributed by atoms with E-state index in [0.29, 0.717) is 5.92 Å². The molecule has 1 aliphatic rings. The molecule has 1 aliphatic carbocycles. The van der Waals surface area contributed by atoms with E-state index in [1.807, 2.05) is 6.08 Å². The van der Waals surface area contributed by atoms with Crippen LogP contribution >= 0.6 is 0 Å². The van der Waals surface area contributed by atoms with Crippen molar-refractivity contribution in [3.63, 3.8) is 0 Å². The maximum Gasteiger partial charge on any atom is -0.00129 e. The number of hydrogen-bond acceptors (Lipinski definition) is 0. The van der Waals surface area contributed by atoms with Gasteiger partial charge in [0.15, 0.2) is 0 Å². The van der Waals surface area contributed by atoms with Crippen LogP contribution in [0.1, 0.15) is 36.8 Å². The molecule has 0 fully saturated rings. The van der Waals surface area contributed by atoms with Crippen molar-refractivity contribution in [2.75, 3.05) is 0 Å². The third-order valence-electron chi connectivity index (χ3n) is 3.46. The summed E-state index contributed by atoms with van der Waals surface area (Å²) in [5.41, 5.74) is 4.87. The fraction of sp³-hybridized carbons (Fsp3) is 0.222. The Morgan fingerprint density at radius 2 is 2.17 bits per heavy atom. The first-order valence-corrected chi connectivity index (χ1v) is 6.51. The van der Waals surface area contributed by atoms with Crippen molar-refractivity contribution in [3.05, 3.63) is 78.4 Å². The Kier molecular flexibility index (Phi) is 3.99. The van der Waals surface area contributed by atoms with Crippen LogP contribution in [0.2, 0.25) is 0 Å². The quantitative estimate of drug-likeness (QED) is 0.625. The average molecular weight is 236 g/mol. The molecule has 0 aliphatic heterocycles. The van der Waals surface area contributed by atoms with E-state index < -0.39 is 0 Å². The van der Waals surface area contributed by atoms with Gasteiger partial charge in [0.1, 0.15) is 0 Å². The summed E-state index contributed by atoms with van der Waals surface area (Å²) in [6.45, 7) is 10.2. The fourth-order valence-electron chi connectivity index (χ4n) is 2.15. The molecule has 0 amide bonds. The highest BCUT2D eigenvalue weighted by atomic mass is 14.1. The molecule has 0 aromatic heterocycles. The summed E-state index contributed by atoms with van der Waals surface area (Å²) in [6, 6.07) is 8.60. The van der Waals surface area contributed by atoms with E-state index in [4.69, 9.17) is 0 Å². The van der Waals surface area contributed by atoms with Gasteiger partial charge in [-0.25, -0.2) is 0 Å². The van der Waals surface area contributed by atoms with Gasteiger partial charge in [-0.05, 0) is 41.0 Å². The average Bonchev–Trinajstić information content (AvgIpc) is 2.46. The minimum absolute atomic E-state index is 0.383. The van der Waals surface area contributed by atoms with Crippen LogP contribution in [-0.4, -0.2) is 0 Å². The highest BCUT2D eigenvalue weighted by Gasteiger charge is 2.07. The summed E-state index contributed by atoms with van der Waals surface area (Å²) in [4.78, 5) is 0. The van der Waals surface area contributed by atoms with Crippen LogP contribution in [0, 0.1) is 0 Å². The van der Waals surface area contributed by atoms with E-state index in [1.165, 1.54) is 16.7 Å². The molecule has 1 aromatic rings. The van der Waals surface area contributed by atoms with Gasteiger partial charge in [0.05, 0.1) is 0 Å². The second-order valence-corrected chi connectivity index (χ2v) is 4.77. The maximum absolute atomic E-state index is 4.23. The summed E-state index contributed by atoms with van der Waals surface area (Å²) < 4.78 is 0. The minimum atomic E-state index is 0.383. The number of allylic oxidation sites excluding steroid dienone is 6. The molecule has 0 saturated carbocycles. The summed E-state index contributed by atoms with van der Waals surface area (Å²) in [6.07, 6.45) is 10.9. The molecule has 92 valence electrons. The molecule has 0 heterocycles. The standard InChI is InChI=1S/C18H20/c1-4-14(2)17-11-8-12-18(13-17)15(3)16-9-6-5-7-10-16/h4,6,8-14H,1,3,5,7H2,2H3. The van der Waals surface area contributed by atoms with Crippen molar-refractivity contribution in [2.24, 2.45) is 0 Å². The lowest BCUT2D eigenvalue weighted by molar-refractivity contribution is 0.970. The molecule has 0 radical (unpaired) electrons. The number of hydrogen-bond donors (Lipinski definition) is 0. The molecule has 1 aromatic carbocycles. The van der Waals surface area contributed by atoms with Gasteiger partial charge in [0.25, 0.3) is 0 Å². The van der Waals surface area contributed by atoms with Crippen molar-refractivity contribution < 1.29 is 0 Å². The first kappa shape index (κ1) is 12.6. The normalized spacial score (nSPS) is 15.9. The molecule has 1 atom stereocenters. The summed E-state index contributed by atoms with van der Waals surface area (Å²) in [7, 11) is 0. The summed E-state index contributed by atoms with van der Waals surface area (Å²) in [5.74, 6) is 0.383. The van der Waals surface area contributed by atoms with Crippen LogP contribution in [0.4, 0.5) is 0 Å². The Morgan fingerprint density at radius 3 is 2.83 bits per heavy atom. The monoisotopic (exact) mass is 236 g/mol. The van der Waals surface area contributed by atoms with Crippen molar-refractivity contribution in [3.8, 4) is 0 Å². The number of benzene rings is 1. The molecule has 1 unspecified atom stereocenters. The van der Waals surface area contributed by atoms with Gasteiger partial charge < -0.3 is 0 Å². The van der Waals surface area contributed by atoms with Crippen molar-refractivity contribution >= 4 is 5.57 Å². The van der Waals surface area contributed by atoms with E-state index in [9.17, 15) is 0 Å². The SMILES string of the molecule is C=CC(C)c1cccc(C(=C)C2=CCCC=C2)c1. The Morgan fingerprint density at radius 1 is 1.33 bits per heavy atom. The Bertz CT molecular complexity index is 515. The van der Waals surface area contributed by atoms with Gasteiger partial charge in [0.2, 0.25) is 0 Å². The van der Waals surface area contributed by atoms with Gasteiger partial charge in [-0.1, -0.05) is 62.1 Å². The Balaban J connectivity index is 2.28. The van der Waals surface area contributed by atoms with Crippen LogP contribution in [0.15, 0.2) is 67.3 Å². The zero-order chi connectivity index (χ0) is 13.0. The molecule has 2 rings (SSSR count). The first-order chi connectivity index (χ1) is 8.72. The van der Waals surface area contributed by atoms with Gasteiger partial charge in [-0.15, -0.1) is 6.58 Å². The largest absolute Gasteiger partial charge is 0.102 e. The molecule has 0 spiro atoms. The van der Waals surface area contributed by atoms with Crippen molar-refractivity contribution in [1.29, 1.82) is 0 Å². The second kappa shape index (κ2) is 5.68. The molecule has 0 bridgehead atoms. The molecule has 18 heavy (non-hydrogen) atoms. The third-order valence-corrected chi connectivity index (χ3v) is 3.46. The zero-order valence-corrected chi connectivity index (χ0v) is 11.0. The Hall–Kier alpha value is -1.82. The van der Waals surface area contributed by atoms with Crippen LogP contribution in [0.5, 0.6) is 0 Å². The van der Waals surface area contributed by atoms with E-state index in [2.05, 4.69) is 62.6 Å². The molecular formula is C18H20.